The molecular formula is C44H54N2O9. The summed E-state index contributed by atoms with van der Waals surface area (Å²) in [6.45, 7) is 6.55. The van der Waals surface area contributed by atoms with Crippen molar-refractivity contribution in [2.45, 2.75) is 113 Å². The van der Waals surface area contributed by atoms with Gasteiger partial charge in [-0.1, -0.05) is 50.3 Å². The minimum Gasteiger partial charge on any atom is -0.493 e. The van der Waals surface area contributed by atoms with Gasteiger partial charge in [0.05, 0.1) is 68.3 Å². The highest BCUT2D eigenvalue weighted by molar-refractivity contribution is 5.83. The van der Waals surface area contributed by atoms with E-state index in [0.717, 1.165) is 80.0 Å². The van der Waals surface area contributed by atoms with Crippen molar-refractivity contribution in [3.8, 4) is 23.0 Å². The van der Waals surface area contributed by atoms with Crippen LogP contribution in [0.15, 0.2) is 48.6 Å². The molecule has 2 spiro atoms. The fourth-order valence-corrected chi connectivity index (χ4v) is 11.0. The number of methoxy groups -OCH3 is 2. The first-order valence-electron chi connectivity index (χ1n) is 20.4. The zero-order chi connectivity index (χ0) is 38.1. The van der Waals surface area contributed by atoms with Crippen LogP contribution in [0.4, 0.5) is 0 Å². The Morgan fingerprint density at radius 3 is 1.84 bits per heavy atom. The second-order valence-corrected chi connectivity index (χ2v) is 16.5. The predicted octanol–water partition coefficient (Wildman–Crippen LogP) is 6.41. The molecule has 0 saturated carbocycles. The van der Waals surface area contributed by atoms with Crippen molar-refractivity contribution in [1.82, 2.24) is 10.1 Å². The van der Waals surface area contributed by atoms with Gasteiger partial charge in [0, 0.05) is 43.5 Å². The molecule has 11 nitrogen and oxygen atoms in total. The third kappa shape index (κ3) is 5.62. The Kier molecular flexibility index (Phi) is 9.61. The third-order valence-electron chi connectivity index (χ3n) is 13.6. The molecule has 6 heterocycles. The number of hydroxylamine groups is 4. The average Bonchev–Trinajstić information content (AvgIpc) is 3.94. The fourth-order valence-electron chi connectivity index (χ4n) is 11.0. The normalized spacial score (nSPS) is 34.6. The zero-order valence-corrected chi connectivity index (χ0v) is 32.5. The zero-order valence-electron chi connectivity index (χ0n) is 32.5. The summed E-state index contributed by atoms with van der Waals surface area (Å²) in [4.78, 5) is 37.7. The molecule has 2 fully saturated rings. The summed E-state index contributed by atoms with van der Waals surface area (Å²) in [7, 11) is 3.34. The Labute approximate surface area is 323 Å². The monoisotopic (exact) mass is 754 g/mol. The number of ether oxygens (including phenoxy) is 4. The highest BCUT2D eigenvalue weighted by atomic mass is 16.7. The second-order valence-electron chi connectivity index (χ2n) is 16.5. The molecule has 6 aliphatic heterocycles. The van der Waals surface area contributed by atoms with Crippen LogP contribution in [0.2, 0.25) is 0 Å². The van der Waals surface area contributed by atoms with Gasteiger partial charge >= 0.3 is 0 Å². The van der Waals surface area contributed by atoms with E-state index in [1.165, 1.54) is 11.1 Å². The van der Waals surface area contributed by atoms with Gasteiger partial charge in [-0.25, -0.2) is 0 Å². The van der Waals surface area contributed by atoms with Crippen molar-refractivity contribution in [3.05, 3.63) is 70.8 Å². The van der Waals surface area contributed by atoms with Crippen molar-refractivity contribution < 1.29 is 43.3 Å². The van der Waals surface area contributed by atoms with Crippen LogP contribution in [0.5, 0.6) is 23.0 Å². The van der Waals surface area contributed by atoms with Gasteiger partial charge in [-0.2, -0.15) is 10.1 Å². The number of carbonyl (C=O) groups excluding carboxylic acids is 2. The quantitative estimate of drug-likeness (QED) is 0.302. The number of carbonyl (C=O) groups is 2. The van der Waals surface area contributed by atoms with E-state index in [0.29, 0.717) is 44.0 Å². The lowest BCUT2D eigenvalue weighted by molar-refractivity contribution is -0.134. The molecule has 8 aliphatic rings. The maximum Gasteiger partial charge on any atom is 0.166 e. The molecule has 2 saturated heterocycles. The molecule has 2 aromatic carbocycles. The molecule has 0 amide bonds. The number of aliphatic hydroxyl groups excluding tert-OH is 1. The number of allylic oxidation sites excluding steroid dienone is 1. The van der Waals surface area contributed by atoms with E-state index in [2.05, 4.69) is 42.3 Å². The number of ketones is 2. The Morgan fingerprint density at radius 1 is 0.782 bits per heavy atom. The molecule has 1 N–H and O–H groups in total. The van der Waals surface area contributed by atoms with Crippen LogP contribution in [-0.2, 0) is 30.1 Å². The standard InChI is InChI=1S/C22H27NO5.C22H27NO4/c1-3-4-16(25)15-12-27-23-10-9-22-8-7-13(24)11-18(22)28-21-17(26-2)6-5-14(19(21)22)20(15)23;1-3-6-16(24)15-13-26-23-12-11-22-10-5-4-7-18(22)27-21-17(25-2)9-8-14(19(21)22)20(15)23/h5-8,13,15,18,20,24H,3-4,9-12H2,1-2H3;5,8-10,15,18,20H,3-4,6-7,11-13H2,1-2H3/t13?,15?,18-,20?,22?;15?,18-,20?,22?/m11/s1. The van der Waals surface area contributed by atoms with E-state index in [9.17, 15) is 14.7 Å². The molecule has 9 atom stereocenters. The number of fused-ring (bicyclic) bond motifs is 4. The Morgan fingerprint density at radius 2 is 1.31 bits per heavy atom. The van der Waals surface area contributed by atoms with E-state index in [4.69, 9.17) is 28.6 Å². The Balaban J connectivity index is 0.000000144. The first-order chi connectivity index (χ1) is 26.8. The lowest BCUT2D eigenvalue weighted by Crippen LogP contribution is -2.42. The number of aliphatic hydroxyl groups is 1. The molecule has 11 heteroatoms. The summed E-state index contributed by atoms with van der Waals surface area (Å²) < 4.78 is 24.1. The van der Waals surface area contributed by atoms with Gasteiger partial charge in [-0.3, -0.25) is 19.3 Å². The van der Waals surface area contributed by atoms with E-state index >= 15 is 0 Å². The van der Waals surface area contributed by atoms with Crippen LogP contribution in [0.25, 0.3) is 0 Å². The van der Waals surface area contributed by atoms with Crippen LogP contribution >= 0.6 is 0 Å². The summed E-state index contributed by atoms with van der Waals surface area (Å²) in [5, 5.41) is 14.3. The van der Waals surface area contributed by atoms with Gasteiger partial charge in [0.25, 0.3) is 0 Å². The maximum absolute atomic E-state index is 12.8. The van der Waals surface area contributed by atoms with Crippen molar-refractivity contribution in [2.24, 2.45) is 11.8 Å². The van der Waals surface area contributed by atoms with Gasteiger partial charge in [-0.05, 0) is 61.8 Å². The number of hydrogen-bond acceptors (Lipinski definition) is 11. The molecule has 2 aromatic rings. The SMILES string of the molecule is CCCC(=O)C1CON2CCC34C=CC(O)C[C@H]3Oc3c(OC)ccc(c34)C12.CCCC(=O)C1CON2CCC34C=CCC[C@H]3Oc3c(OC)ccc(c34)C12. The topological polar surface area (TPSA) is 116 Å². The predicted molar refractivity (Wildman–Crippen MR) is 203 cm³/mol. The lowest BCUT2D eigenvalue weighted by atomic mass is 9.68. The number of rotatable bonds is 8. The van der Waals surface area contributed by atoms with Crippen molar-refractivity contribution >= 4 is 11.6 Å². The van der Waals surface area contributed by atoms with Crippen LogP contribution < -0.4 is 18.9 Å². The number of hydrogen-bond donors (Lipinski definition) is 1. The van der Waals surface area contributed by atoms with Crippen LogP contribution in [0.1, 0.15) is 106 Å². The van der Waals surface area contributed by atoms with E-state index in [-0.39, 0.29) is 52.7 Å². The van der Waals surface area contributed by atoms with E-state index < -0.39 is 6.10 Å². The Bertz CT molecular complexity index is 1910. The first-order valence-corrected chi connectivity index (χ1v) is 20.4. The maximum atomic E-state index is 12.8. The van der Waals surface area contributed by atoms with Gasteiger partial charge < -0.3 is 24.1 Å². The van der Waals surface area contributed by atoms with Gasteiger partial charge in [0.1, 0.15) is 23.8 Å². The molecule has 2 aliphatic carbocycles. The first kappa shape index (κ1) is 36.9. The number of benzene rings is 2. The summed E-state index contributed by atoms with van der Waals surface area (Å²) in [6.07, 6.45) is 15.4. The van der Waals surface area contributed by atoms with Crippen LogP contribution in [-0.4, -0.2) is 85.6 Å². The average molecular weight is 755 g/mol. The lowest BCUT2D eigenvalue weighted by Gasteiger charge is -2.35. The van der Waals surface area contributed by atoms with Gasteiger partial charge in [0.15, 0.2) is 23.0 Å². The molecule has 10 rings (SSSR count). The van der Waals surface area contributed by atoms with Crippen LogP contribution in [0, 0.1) is 11.8 Å². The smallest absolute Gasteiger partial charge is 0.166 e. The molecule has 0 aromatic heterocycles. The van der Waals surface area contributed by atoms with E-state index in [1.807, 2.05) is 30.2 Å². The molecule has 0 bridgehead atoms. The highest BCUT2D eigenvalue weighted by Crippen LogP contribution is 2.60. The third-order valence-corrected chi connectivity index (χ3v) is 13.6. The molecule has 55 heavy (non-hydrogen) atoms. The molecule has 0 radical (unpaired) electrons. The van der Waals surface area contributed by atoms with Crippen molar-refractivity contribution in [2.75, 3.05) is 40.5 Å². The Hall–Kier alpha value is -3.74. The largest absolute Gasteiger partial charge is 0.493 e. The van der Waals surface area contributed by atoms with E-state index in [1.54, 1.807) is 14.2 Å². The molecular weight excluding hydrogens is 700 g/mol. The van der Waals surface area contributed by atoms with Gasteiger partial charge in [0.2, 0.25) is 0 Å². The minimum atomic E-state index is -0.502. The minimum absolute atomic E-state index is 0.0271. The van der Waals surface area contributed by atoms with Gasteiger partial charge in [-0.15, -0.1) is 0 Å². The fraction of sp³-hybridized carbons (Fsp3) is 0.591. The van der Waals surface area contributed by atoms with Crippen molar-refractivity contribution in [1.29, 1.82) is 0 Å². The van der Waals surface area contributed by atoms with Crippen molar-refractivity contribution in [3.63, 3.8) is 0 Å². The molecule has 7 unspecified atom stereocenters. The summed E-state index contributed by atoms with van der Waals surface area (Å²) in [5.74, 6) is 3.44. The molecule has 294 valence electrons. The number of nitrogens with zero attached hydrogens (tertiary/aromatic N) is 2. The summed E-state index contributed by atoms with van der Waals surface area (Å²) in [5.41, 5.74) is 4.18. The van der Waals surface area contributed by atoms with Crippen LogP contribution in [0.3, 0.4) is 0 Å². The summed E-state index contributed by atoms with van der Waals surface area (Å²) >= 11 is 0. The summed E-state index contributed by atoms with van der Waals surface area (Å²) in [6, 6.07) is 8.02. The number of Topliss-reactive ketones (excluding diaryl/α,β-unsaturated/α-hetero) is 2. The highest BCUT2D eigenvalue weighted by Gasteiger charge is 2.58. The second kappa shape index (κ2) is 14.3.